The lowest BCUT2D eigenvalue weighted by molar-refractivity contribution is 0.0951. The van der Waals surface area contributed by atoms with Crippen LogP contribution in [0.25, 0.3) is 0 Å². The Hall–Kier alpha value is -1.89. The highest BCUT2D eigenvalue weighted by Crippen LogP contribution is 2.17. The summed E-state index contributed by atoms with van der Waals surface area (Å²) in [6.45, 7) is 4.10. The summed E-state index contributed by atoms with van der Waals surface area (Å²) in [6.07, 6.45) is 7.81. The molecule has 27 heavy (non-hydrogen) atoms. The monoisotopic (exact) mass is 412 g/mol. The van der Waals surface area contributed by atoms with Gasteiger partial charge in [-0.05, 0) is 68.6 Å². The topological polar surface area (TPSA) is 76.0 Å². The lowest BCUT2D eigenvalue weighted by Crippen LogP contribution is -2.38. The second-order valence-corrected chi connectivity index (χ2v) is 6.43. The van der Waals surface area contributed by atoms with Crippen molar-refractivity contribution in [2.45, 2.75) is 32.2 Å². The van der Waals surface area contributed by atoms with Crippen LogP contribution in [0.1, 0.15) is 40.4 Å². The summed E-state index contributed by atoms with van der Waals surface area (Å²) in [4.78, 5) is 29.4. The van der Waals surface area contributed by atoms with Crippen LogP contribution in [0.15, 0.2) is 41.6 Å². The molecule has 2 aromatic heterocycles. The van der Waals surface area contributed by atoms with Crippen LogP contribution in [0.5, 0.6) is 0 Å². The van der Waals surface area contributed by atoms with E-state index < -0.39 is 0 Å². The van der Waals surface area contributed by atoms with Gasteiger partial charge in [-0.3, -0.25) is 14.6 Å². The van der Waals surface area contributed by atoms with Crippen LogP contribution < -0.4 is 16.2 Å². The first kappa shape index (κ1) is 23.1. The van der Waals surface area contributed by atoms with E-state index in [1.807, 2.05) is 31.3 Å². The molecule has 1 saturated heterocycles. The number of piperidine rings is 1. The first-order valence-corrected chi connectivity index (χ1v) is 8.76. The molecule has 0 spiro atoms. The third-order valence-electron chi connectivity index (χ3n) is 4.71. The maximum atomic E-state index is 12.8. The molecule has 0 unspecified atom stereocenters. The normalized spacial score (nSPS) is 14.0. The SMILES string of the molecule is Cc1ccn(C2CCNCC2)c(=O)c1C(=O)NCCc1ccncc1.Cl.Cl. The van der Waals surface area contributed by atoms with Crippen molar-refractivity contribution >= 4 is 30.7 Å². The largest absolute Gasteiger partial charge is 0.352 e. The molecule has 2 aromatic rings. The van der Waals surface area contributed by atoms with E-state index >= 15 is 0 Å². The lowest BCUT2D eigenvalue weighted by atomic mass is 10.0. The van der Waals surface area contributed by atoms with E-state index in [0.29, 0.717) is 13.0 Å². The maximum Gasteiger partial charge on any atom is 0.263 e. The van der Waals surface area contributed by atoms with E-state index in [-0.39, 0.29) is 47.9 Å². The van der Waals surface area contributed by atoms with Crippen LogP contribution in [-0.2, 0) is 6.42 Å². The number of nitrogens with one attached hydrogen (secondary N) is 2. The van der Waals surface area contributed by atoms with Gasteiger partial charge in [0.25, 0.3) is 11.5 Å². The Morgan fingerprint density at radius 2 is 1.89 bits per heavy atom. The molecule has 0 atom stereocenters. The predicted molar refractivity (Wildman–Crippen MR) is 111 cm³/mol. The number of nitrogens with zero attached hydrogens (tertiary/aromatic N) is 2. The number of hydrogen-bond donors (Lipinski definition) is 2. The molecule has 148 valence electrons. The van der Waals surface area contributed by atoms with Crippen LogP contribution in [0.3, 0.4) is 0 Å². The summed E-state index contributed by atoms with van der Waals surface area (Å²) in [5.41, 5.74) is 1.90. The molecule has 6 nitrogen and oxygen atoms in total. The van der Waals surface area contributed by atoms with Crippen molar-refractivity contribution in [1.82, 2.24) is 20.2 Å². The molecule has 1 aliphatic rings. The first-order chi connectivity index (χ1) is 12.2. The van der Waals surface area contributed by atoms with Gasteiger partial charge in [-0.1, -0.05) is 0 Å². The van der Waals surface area contributed by atoms with Gasteiger partial charge in [0.1, 0.15) is 5.56 Å². The van der Waals surface area contributed by atoms with Crippen LogP contribution in [0, 0.1) is 6.92 Å². The highest BCUT2D eigenvalue weighted by atomic mass is 35.5. The lowest BCUT2D eigenvalue weighted by Gasteiger charge is -2.25. The standard InChI is InChI=1S/C19H24N4O2.2ClH/c1-14-7-13-23(16-5-10-21-11-6-16)19(25)17(14)18(24)22-12-4-15-2-8-20-9-3-15;;/h2-3,7-9,13,16,21H,4-6,10-12H2,1H3,(H,22,24);2*1H. The average Bonchev–Trinajstić information content (AvgIpc) is 2.63. The Kier molecular flexibility index (Phi) is 9.49. The van der Waals surface area contributed by atoms with Gasteiger partial charge in [-0.25, -0.2) is 0 Å². The van der Waals surface area contributed by atoms with E-state index in [9.17, 15) is 9.59 Å². The number of rotatable bonds is 5. The van der Waals surface area contributed by atoms with Crippen LogP contribution in [0.2, 0.25) is 0 Å². The quantitative estimate of drug-likeness (QED) is 0.789. The first-order valence-electron chi connectivity index (χ1n) is 8.76. The zero-order valence-corrected chi connectivity index (χ0v) is 16.9. The second-order valence-electron chi connectivity index (χ2n) is 6.43. The minimum Gasteiger partial charge on any atom is -0.352 e. The predicted octanol–water partition coefficient (Wildman–Crippen LogP) is 2.29. The minimum atomic E-state index is -0.292. The van der Waals surface area contributed by atoms with Crippen molar-refractivity contribution in [3.63, 3.8) is 0 Å². The smallest absolute Gasteiger partial charge is 0.263 e. The van der Waals surface area contributed by atoms with Crippen molar-refractivity contribution < 1.29 is 4.79 Å². The van der Waals surface area contributed by atoms with Crippen molar-refractivity contribution in [3.05, 3.63) is 63.8 Å². The molecular weight excluding hydrogens is 387 g/mol. The molecule has 2 N–H and O–H groups in total. The summed E-state index contributed by atoms with van der Waals surface area (Å²) < 4.78 is 1.73. The Morgan fingerprint density at radius 3 is 2.56 bits per heavy atom. The molecular formula is C19H26Cl2N4O2. The van der Waals surface area contributed by atoms with Gasteiger partial charge in [0.05, 0.1) is 0 Å². The third-order valence-corrected chi connectivity index (χ3v) is 4.71. The van der Waals surface area contributed by atoms with E-state index in [2.05, 4.69) is 15.6 Å². The van der Waals surface area contributed by atoms with Crippen molar-refractivity contribution in [2.24, 2.45) is 0 Å². The van der Waals surface area contributed by atoms with Crippen molar-refractivity contribution in [2.75, 3.05) is 19.6 Å². The number of aryl methyl sites for hydroxylation is 1. The highest BCUT2D eigenvalue weighted by molar-refractivity contribution is 5.95. The summed E-state index contributed by atoms with van der Waals surface area (Å²) >= 11 is 0. The van der Waals surface area contributed by atoms with Crippen LogP contribution >= 0.6 is 24.8 Å². The molecule has 0 radical (unpaired) electrons. The molecule has 1 aliphatic heterocycles. The van der Waals surface area contributed by atoms with E-state index in [1.54, 1.807) is 17.0 Å². The Bertz CT molecular complexity index is 790. The maximum absolute atomic E-state index is 12.8. The second kappa shape index (κ2) is 11.1. The van der Waals surface area contributed by atoms with Gasteiger partial charge < -0.3 is 15.2 Å². The molecule has 0 aromatic carbocycles. The van der Waals surface area contributed by atoms with E-state index in [1.165, 1.54) is 0 Å². The van der Waals surface area contributed by atoms with Gasteiger partial charge in [0.15, 0.2) is 0 Å². The van der Waals surface area contributed by atoms with E-state index in [4.69, 9.17) is 0 Å². The van der Waals surface area contributed by atoms with Gasteiger partial charge >= 0.3 is 0 Å². The zero-order chi connectivity index (χ0) is 17.6. The fourth-order valence-electron chi connectivity index (χ4n) is 3.25. The number of halogens is 2. The fourth-order valence-corrected chi connectivity index (χ4v) is 3.25. The highest BCUT2D eigenvalue weighted by Gasteiger charge is 2.21. The Balaban J connectivity index is 0.00000182. The number of amides is 1. The number of carbonyl (C=O) groups excluding carboxylic acids is 1. The molecule has 3 rings (SSSR count). The van der Waals surface area contributed by atoms with Gasteiger partial charge in [-0.15, -0.1) is 24.8 Å². The average molecular weight is 413 g/mol. The minimum absolute atomic E-state index is 0. The number of carbonyl (C=O) groups is 1. The number of aromatic nitrogens is 2. The Morgan fingerprint density at radius 1 is 1.22 bits per heavy atom. The Labute approximate surface area is 171 Å². The fraction of sp³-hybridized carbons (Fsp3) is 0.421. The van der Waals surface area contributed by atoms with Crippen molar-refractivity contribution in [1.29, 1.82) is 0 Å². The van der Waals surface area contributed by atoms with Crippen LogP contribution in [0.4, 0.5) is 0 Å². The van der Waals surface area contributed by atoms with E-state index in [0.717, 1.165) is 37.1 Å². The third kappa shape index (κ3) is 5.79. The van der Waals surface area contributed by atoms with Crippen molar-refractivity contribution in [3.8, 4) is 0 Å². The molecule has 1 fully saturated rings. The van der Waals surface area contributed by atoms with Gasteiger partial charge in [-0.2, -0.15) is 0 Å². The van der Waals surface area contributed by atoms with Gasteiger partial charge in [0.2, 0.25) is 0 Å². The number of hydrogen-bond acceptors (Lipinski definition) is 4. The summed E-state index contributed by atoms with van der Waals surface area (Å²) in [6, 6.07) is 5.87. The summed E-state index contributed by atoms with van der Waals surface area (Å²) in [5, 5.41) is 6.17. The molecule has 8 heteroatoms. The molecule has 3 heterocycles. The molecule has 1 amide bonds. The van der Waals surface area contributed by atoms with Crippen LogP contribution in [-0.4, -0.2) is 35.1 Å². The van der Waals surface area contributed by atoms with Gasteiger partial charge in [0, 0.05) is 31.2 Å². The molecule has 0 aliphatic carbocycles. The summed E-state index contributed by atoms with van der Waals surface area (Å²) in [5.74, 6) is -0.292. The zero-order valence-electron chi connectivity index (χ0n) is 15.3. The number of pyridine rings is 2. The molecule has 0 bridgehead atoms. The summed E-state index contributed by atoms with van der Waals surface area (Å²) in [7, 11) is 0. The molecule has 0 saturated carbocycles.